The Kier molecular flexibility index (Phi) is 5.50. The molecule has 1 atom stereocenters. The lowest BCUT2D eigenvalue weighted by molar-refractivity contribution is -0.431. The van der Waals surface area contributed by atoms with Gasteiger partial charge >= 0.3 is 0 Å². The Morgan fingerprint density at radius 1 is 1.12 bits per heavy atom. The second kappa shape index (κ2) is 7.79. The monoisotopic (exact) mass is 364 g/mol. The quantitative estimate of drug-likeness (QED) is 0.677. The van der Waals surface area contributed by atoms with Gasteiger partial charge in [0.2, 0.25) is 0 Å². The van der Waals surface area contributed by atoms with Crippen molar-refractivity contribution in [3.63, 3.8) is 0 Å². The van der Waals surface area contributed by atoms with Crippen molar-refractivity contribution in [2.24, 2.45) is 0 Å². The maximum absolute atomic E-state index is 13.8. The van der Waals surface area contributed by atoms with Gasteiger partial charge in [0.05, 0.1) is 0 Å². The number of rotatable bonds is 6. The van der Waals surface area contributed by atoms with Crippen LogP contribution in [0.3, 0.4) is 0 Å². The molecule has 3 rings (SSSR count). The maximum Gasteiger partial charge on any atom is 0.277 e. The molecule has 0 saturated heterocycles. The van der Waals surface area contributed by atoms with Gasteiger partial charge in [0, 0.05) is 22.8 Å². The molecule has 4 nitrogen and oxygen atoms in total. The van der Waals surface area contributed by atoms with E-state index in [1.165, 1.54) is 17.8 Å². The van der Waals surface area contributed by atoms with E-state index in [0.717, 1.165) is 5.56 Å². The topological polar surface area (TPSA) is 66.6 Å². The summed E-state index contributed by atoms with van der Waals surface area (Å²) in [4.78, 5) is 0. The van der Waals surface area contributed by atoms with Gasteiger partial charge < -0.3 is 10.2 Å². The molecule has 0 spiro atoms. The van der Waals surface area contributed by atoms with Crippen LogP contribution < -0.4 is 5.73 Å². The van der Waals surface area contributed by atoms with Crippen molar-refractivity contribution in [1.82, 2.24) is 10.2 Å². The smallest absolute Gasteiger partial charge is 0.277 e. The minimum atomic E-state index is -0.339. The average Bonchev–Trinajstić information content (AvgIpc) is 3.04. The molecule has 0 aliphatic heterocycles. The summed E-state index contributed by atoms with van der Waals surface area (Å²) in [6, 6.07) is 14.5. The molecule has 0 aliphatic rings. The number of halogens is 2. The third kappa shape index (κ3) is 4.14. The molecule has 2 aromatic carbocycles. The average molecular weight is 365 g/mol. The highest BCUT2D eigenvalue weighted by Gasteiger charge is 2.19. The molecule has 0 amide bonds. The second-order valence-electron chi connectivity index (χ2n) is 5.28. The van der Waals surface area contributed by atoms with Crippen molar-refractivity contribution in [3.05, 3.63) is 76.4 Å². The fourth-order valence-electron chi connectivity index (χ4n) is 2.23. The summed E-state index contributed by atoms with van der Waals surface area (Å²) in [5.74, 6) is 0.461. The van der Waals surface area contributed by atoms with Crippen LogP contribution in [0.5, 0.6) is 0 Å². The Bertz CT molecular complexity index is 792. The van der Waals surface area contributed by atoms with Gasteiger partial charge in [-0.05, 0) is 17.7 Å². The van der Waals surface area contributed by atoms with Gasteiger partial charge in [-0.2, -0.15) is 0 Å². The summed E-state index contributed by atoms with van der Waals surface area (Å²) < 4.78 is 19.4. The van der Waals surface area contributed by atoms with E-state index < -0.39 is 0 Å². The molecule has 0 saturated carbocycles. The van der Waals surface area contributed by atoms with Crippen LogP contribution in [0.4, 0.5) is 4.39 Å². The van der Waals surface area contributed by atoms with Crippen LogP contribution >= 0.6 is 23.4 Å². The van der Waals surface area contributed by atoms with E-state index in [1.807, 2.05) is 30.3 Å². The number of nitrogens with zero attached hydrogens (tertiary/aromatic N) is 2. The van der Waals surface area contributed by atoms with Gasteiger partial charge in [-0.3, -0.25) is 0 Å². The first-order valence-electron chi connectivity index (χ1n) is 7.39. The van der Waals surface area contributed by atoms with Gasteiger partial charge in [0.15, 0.2) is 6.04 Å². The Morgan fingerprint density at radius 2 is 1.92 bits per heavy atom. The van der Waals surface area contributed by atoms with E-state index in [0.29, 0.717) is 33.9 Å². The molecule has 3 N–H and O–H groups in total. The van der Waals surface area contributed by atoms with Crippen molar-refractivity contribution in [3.8, 4) is 0 Å². The number of aromatic nitrogens is 2. The Labute approximate surface area is 148 Å². The van der Waals surface area contributed by atoms with E-state index in [-0.39, 0.29) is 11.9 Å². The van der Waals surface area contributed by atoms with E-state index in [4.69, 9.17) is 16.0 Å². The van der Waals surface area contributed by atoms with Gasteiger partial charge in [-0.15, -0.1) is 10.2 Å². The summed E-state index contributed by atoms with van der Waals surface area (Å²) >= 11 is 7.27. The van der Waals surface area contributed by atoms with Crippen LogP contribution in [0, 0.1) is 5.82 Å². The minimum absolute atomic E-state index is 0.133. The van der Waals surface area contributed by atoms with Crippen LogP contribution in [0.25, 0.3) is 0 Å². The van der Waals surface area contributed by atoms with E-state index in [2.05, 4.69) is 15.9 Å². The zero-order chi connectivity index (χ0) is 16.9. The molecule has 7 heteroatoms. The molecule has 3 aromatic rings. The van der Waals surface area contributed by atoms with Crippen molar-refractivity contribution in [2.45, 2.75) is 23.4 Å². The Hall–Kier alpha value is -1.89. The molecule has 0 radical (unpaired) electrons. The molecule has 1 aromatic heterocycles. The van der Waals surface area contributed by atoms with Gasteiger partial charge in [0.25, 0.3) is 11.1 Å². The van der Waals surface area contributed by atoms with Crippen LogP contribution in [0.15, 0.2) is 58.2 Å². The highest BCUT2D eigenvalue weighted by atomic mass is 35.5. The number of hydrogen-bond acceptors (Lipinski definition) is 4. The van der Waals surface area contributed by atoms with Gasteiger partial charge in [0.1, 0.15) is 5.82 Å². The van der Waals surface area contributed by atoms with Crippen LogP contribution in [0.2, 0.25) is 5.02 Å². The van der Waals surface area contributed by atoms with Crippen LogP contribution in [-0.4, -0.2) is 10.2 Å². The van der Waals surface area contributed by atoms with Crippen LogP contribution in [-0.2, 0) is 12.2 Å². The predicted octanol–water partition coefficient (Wildman–Crippen LogP) is 3.68. The minimum Gasteiger partial charge on any atom is -0.410 e. The first-order valence-corrected chi connectivity index (χ1v) is 8.76. The summed E-state index contributed by atoms with van der Waals surface area (Å²) in [6.07, 6.45) is 0.715. The highest BCUT2D eigenvalue weighted by Crippen LogP contribution is 2.28. The Morgan fingerprint density at radius 3 is 2.67 bits per heavy atom. The Balaban J connectivity index is 1.63. The SMILES string of the molecule is [NH3+][C@@H](Cc1ccccc1)c1nnc(SCc2c(F)cccc2Cl)o1. The highest BCUT2D eigenvalue weighted by molar-refractivity contribution is 7.98. The molecule has 0 aliphatic carbocycles. The molecule has 0 fully saturated rings. The number of thioether (sulfide) groups is 1. The third-order valence-corrected chi connectivity index (χ3v) is 4.70. The molecular formula is C17H16ClFN3OS+. The lowest BCUT2D eigenvalue weighted by Gasteiger charge is -2.04. The molecule has 0 unspecified atom stereocenters. The molecule has 0 bridgehead atoms. The second-order valence-corrected chi connectivity index (χ2v) is 6.62. The normalized spacial score (nSPS) is 12.3. The number of quaternary nitrogens is 1. The summed E-state index contributed by atoms with van der Waals surface area (Å²) in [5.41, 5.74) is 5.66. The molecule has 124 valence electrons. The van der Waals surface area contributed by atoms with Crippen LogP contribution in [0.1, 0.15) is 23.1 Å². The van der Waals surface area contributed by atoms with Crippen molar-refractivity contribution < 1.29 is 14.5 Å². The fourth-order valence-corrected chi connectivity index (χ4v) is 3.35. The van der Waals surface area contributed by atoms with E-state index >= 15 is 0 Å². The van der Waals surface area contributed by atoms with Crippen molar-refractivity contribution in [2.75, 3.05) is 0 Å². The largest absolute Gasteiger partial charge is 0.410 e. The van der Waals surface area contributed by atoms with E-state index in [9.17, 15) is 4.39 Å². The number of benzene rings is 2. The van der Waals surface area contributed by atoms with Crippen molar-refractivity contribution in [1.29, 1.82) is 0 Å². The number of hydrogen-bond donors (Lipinski definition) is 1. The fraction of sp³-hybridized carbons (Fsp3) is 0.176. The van der Waals surface area contributed by atoms with E-state index in [1.54, 1.807) is 12.1 Å². The molecular weight excluding hydrogens is 349 g/mol. The lowest BCUT2D eigenvalue weighted by Crippen LogP contribution is -2.54. The molecule has 1 heterocycles. The third-order valence-electron chi connectivity index (χ3n) is 3.50. The van der Waals surface area contributed by atoms with Gasteiger partial charge in [-0.25, -0.2) is 4.39 Å². The summed E-state index contributed by atoms with van der Waals surface area (Å²) in [6.45, 7) is 0. The summed E-state index contributed by atoms with van der Waals surface area (Å²) in [5, 5.41) is 8.81. The zero-order valence-corrected chi connectivity index (χ0v) is 14.4. The first kappa shape index (κ1) is 17.0. The van der Waals surface area contributed by atoms with Crippen molar-refractivity contribution >= 4 is 23.4 Å². The predicted molar refractivity (Wildman–Crippen MR) is 91.0 cm³/mol. The summed E-state index contributed by atoms with van der Waals surface area (Å²) in [7, 11) is 0. The zero-order valence-electron chi connectivity index (χ0n) is 12.8. The van der Waals surface area contributed by atoms with Gasteiger partial charge in [-0.1, -0.05) is 59.8 Å². The lowest BCUT2D eigenvalue weighted by atomic mass is 10.1. The maximum atomic E-state index is 13.8. The first-order chi connectivity index (χ1) is 11.6. The standard InChI is InChI=1S/C17H15ClFN3OS/c18-13-7-4-8-14(19)12(13)10-24-17-22-21-16(23-17)15(20)9-11-5-2-1-3-6-11/h1-8,15H,9-10,20H2/p+1/t15-/m0/s1. The molecule has 24 heavy (non-hydrogen) atoms.